The van der Waals surface area contributed by atoms with Crippen LogP contribution in [0.25, 0.3) is 6.08 Å². The topological polar surface area (TPSA) is 56.1 Å². The first-order valence-corrected chi connectivity index (χ1v) is 9.85. The van der Waals surface area contributed by atoms with E-state index in [1.807, 2.05) is 24.3 Å². The molecule has 2 aromatic carbocycles. The SMILES string of the molecule is O=C1N=C(N2CCN(c3cccc(Cl)c3)CC2)S/C1=C\c1ccccc1O. The second kappa shape index (κ2) is 7.66. The van der Waals surface area contributed by atoms with Gasteiger partial charge in [-0.3, -0.25) is 4.79 Å². The van der Waals surface area contributed by atoms with Crippen LogP contribution in [0.5, 0.6) is 5.75 Å². The molecule has 1 N–H and O–H groups in total. The van der Waals surface area contributed by atoms with E-state index in [4.69, 9.17) is 11.6 Å². The molecular formula is C20H18ClN3O2S. The third-order valence-corrected chi connectivity index (χ3v) is 5.84. The van der Waals surface area contributed by atoms with E-state index in [0.717, 1.165) is 42.1 Å². The molecule has 2 aromatic rings. The van der Waals surface area contributed by atoms with Gasteiger partial charge in [-0.05, 0) is 42.1 Å². The van der Waals surface area contributed by atoms with Crippen LogP contribution in [-0.2, 0) is 4.79 Å². The number of anilines is 1. The van der Waals surface area contributed by atoms with Gasteiger partial charge in [0, 0.05) is 42.5 Å². The Balaban J connectivity index is 1.42. The van der Waals surface area contributed by atoms with Crippen molar-refractivity contribution in [2.75, 3.05) is 31.1 Å². The Morgan fingerprint density at radius 3 is 2.52 bits per heavy atom. The fraction of sp³-hybridized carbons (Fsp3) is 0.200. The van der Waals surface area contributed by atoms with Crippen molar-refractivity contribution in [1.29, 1.82) is 0 Å². The van der Waals surface area contributed by atoms with Gasteiger partial charge >= 0.3 is 0 Å². The predicted molar refractivity (Wildman–Crippen MR) is 111 cm³/mol. The normalized spacial score (nSPS) is 18.9. The zero-order chi connectivity index (χ0) is 18.8. The van der Waals surface area contributed by atoms with E-state index in [0.29, 0.717) is 10.5 Å². The highest BCUT2D eigenvalue weighted by Gasteiger charge is 2.28. The number of aromatic hydroxyl groups is 1. The van der Waals surface area contributed by atoms with Crippen LogP contribution in [0.4, 0.5) is 5.69 Å². The number of hydrogen-bond acceptors (Lipinski definition) is 5. The number of thioether (sulfide) groups is 1. The molecule has 4 rings (SSSR count). The van der Waals surface area contributed by atoms with Crippen molar-refractivity contribution < 1.29 is 9.90 Å². The van der Waals surface area contributed by atoms with Crippen LogP contribution in [0.2, 0.25) is 5.02 Å². The molecule has 5 nitrogen and oxygen atoms in total. The number of phenolic OH excluding ortho intramolecular Hbond substituents is 1. The number of aliphatic imine (C=N–C) groups is 1. The van der Waals surface area contributed by atoms with Gasteiger partial charge in [0.2, 0.25) is 0 Å². The number of carbonyl (C=O) groups excluding carboxylic acids is 1. The quantitative estimate of drug-likeness (QED) is 0.777. The molecule has 2 aliphatic rings. The van der Waals surface area contributed by atoms with Crippen molar-refractivity contribution in [1.82, 2.24) is 4.90 Å². The second-order valence-electron chi connectivity index (χ2n) is 6.32. The van der Waals surface area contributed by atoms with Crippen LogP contribution in [0.1, 0.15) is 5.56 Å². The van der Waals surface area contributed by atoms with Crippen molar-refractivity contribution in [2.45, 2.75) is 0 Å². The van der Waals surface area contributed by atoms with Crippen LogP contribution in [0.15, 0.2) is 58.4 Å². The molecule has 2 heterocycles. The highest BCUT2D eigenvalue weighted by Crippen LogP contribution is 2.32. The van der Waals surface area contributed by atoms with Crippen molar-refractivity contribution in [3.63, 3.8) is 0 Å². The lowest BCUT2D eigenvalue weighted by Gasteiger charge is -2.36. The zero-order valence-corrected chi connectivity index (χ0v) is 16.1. The van der Waals surface area contributed by atoms with Gasteiger partial charge in [0.1, 0.15) is 5.75 Å². The van der Waals surface area contributed by atoms with E-state index in [-0.39, 0.29) is 11.7 Å². The number of nitrogens with zero attached hydrogens (tertiary/aromatic N) is 3. The molecule has 0 atom stereocenters. The van der Waals surface area contributed by atoms with Crippen LogP contribution >= 0.6 is 23.4 Å². The molecule has 1 fully saturated rings. The first-order valence-electron chi connectivity index (χ1n) is 8.66. The van der Waals surface area contributed by atoms with Crippen LogP contribution in [0.3, 0.4) is 0 Å². The summed E-state index contributed by atoms with van der Waals surface area (Å²) in [6.07, 6.45) is 1.70. The van der Waals surface area contributed by atoms with Gasteiger partial charge in [-0.25, -0.2) is 0 Å². The molecule has 2 aliphatic heterocycles. The van der Waals surface area contributed by atoms with E-state index in [1.165, 1.54) is 11.8 Å². The minimum atomic E-state index is -0.254. The van der Waals surface area contributed by atoms with Gasteiger partial charge in [-0.1, -0.05) is 35.9 Å². The third-order valence-electron chi connectivity index (χ3n) is 4.56. The number of halogens is 1. The maximum atomic E-state index is 12.3. The maximum absolute atomic E-state index is 12.3. The summed E-state index contributed by atoms with van der Waals surface area (Å²) in [5, 5.41) is 11.4. The van der Waals surface area contributed by atoms with Gasteiger partial charge in [0.25, 0.3) is 5.91 Å². The van der Waals surface area contributed by atoms with Crippen molar-refractivity contribution in [3.8, 4) is 5.75 Å². The zero-order valence-electron chi connectivity index (χ0n) is 14.5. The minimum absolute atomic E-state index is 0.155. The summed E-state index contributed by atoms with van der Waals surface area (Å²) in [6, 6.07) is 14.8. The summed E-state index contributed by atoms with van der Waals surface area (Å²) in [7, 11) is 0. The number of piperazine rings is 1. The van der Waals surface area contributed by atoms with Crippen LogP contribution < -0.4 is 4.90 Å². The molecule has 0 unspecified atom stereocenters. The Morgan fingerprint density at radius 2 is 1.78 bits per heavy atom. The molecule has 0 saturated carbocycles. The lowest BCUT2D eigenvalue weighted by molar-refractivity contribution is -0.113. The van der Waals surface area contributed by atoms with Gasteiger partial charge in [-0.15, -0.1) is 0 Å². The van der Waals surface area contributed by atoms with Crippen molar-refractivity contribution >= 4 is 46.2 Å². The van der Waals surface area contributed by atoms with Crippen LogP contribution in [0, 0.1) is 0 Å². The predicted octanol–water partition coefficient (Wildman–Crippen LogP) is 3.84. The Kier molecular flexibility index (Phi) is 5.09. The van der Waals surface area contributed by atoms with Crippen molar-refractivity contribution in [3.05, 3.63) is 64.0 Å². The third kappa shape index (κ3) is 3.96. The molecule has 0 bridgehead atoms. The molecular weight excluding hydrogens is 382 g/mol. The number of benzene rings is 2. The van der Waals surface area contributed by atoms with Crippen molar-refractivity contribution in [2.24, 2.45) is 4.99 Å². The number of amidine groups is 1. The summed E-state index contributed by atoms with van der Waals surface area (Å²) < 4.78 is 0. The average Bonchev–Trinajstić information content (AvgIpc) is 3.04. The van der Waals surface area contributed by atoms with E-state index < -0.39 is 0 Å². The first-order chi connectivity index (χ1) is 13.1. The summed E-state index contributed by atoms with van der Waals surface area (Å²) in [5.74, 6) is -0.0995. The number of phenols is 1. The molecule has 0 spiro atoms. The molecule has 27 heavy (non-hydrogen) atoms. The summed E-state index contributed by atoms with van der Waals surface area (Å²) >= 11 is 7.45. The van der Waals surface area contributed by atoms with Gasteiger partial charge < -0.3 is 14.9 Å². The molecule has 0 aliphatic carbocycles. The van der Waals surface area contributed by atoms with Gasteiger partial charge in [-0.2, -0.15) is 4.99 Å². The largest absolute Gasteiger partial charge is 0.507 e. The molecule has 138 valence electrons. The Hall–Kier alpha value is -2.44. The number of hydrogen-bond donors (Lipinski definition) is 1. The minimum Gasteiger partial charge on any atom is -0.507 e. The lowest BCUT2D eigenvalue weighted by atomic mass is 10.2. The smallest absolute Gasteiger partial charge is 0.286 e. The molecule has 0 aromatic heterocycles. The number of carbonyl (C=O) groups is 1. The fourth-order valence-electron chi connectivity index (χ4n) is 3.11. The fourth-order valence-corrected chi connectivity index (χ4v) is 4.25. The number of para-hydroxylation sites is 1. The molecule has 7 heteroatoms. The van der Waals surface area contributed by atoms with Gasteiger partial charge in [0.15, 0.2) is 5.17 Å². The number of rotatable bonds is 2. The van der Waals surface area contributed by atoms with E-state index >= 15 is 0 Å². The van der Waals surface area contributed by atoms with E-state index in [1.54, 1.807) is 24.3 Å². The molecule has 1 amide bonds. The highest BCUT2D eigenvalue weighted by atomic mass is 35.5. The maximum Gasteiger partial charge on any atom is 0.286 e. The average molecular weight is 400 g/mol. The second-order valence-corrected chi connectivity index (χ2v) is 7.77. The van der Waals surface area contributed by atoms with E-state index in [9.17, 15) is 9.90 Å². The Labute approximate surface area is 167 Å². The summed E-state index contributed by atoms with van der Waals surface area (Å²) in [6.45, 7) is 3.25. The van der Waals surface area contributed by atoms with Gasteiger partial charge in [0.05, 0.1) is 4.91 Å². The Morgan fingerprint density at radius 1 is 1.04 bits per heavy atom. The van der Waals surface area contributed by atoms with E-state index in [2.05, 4.69) is 20.9 Å². The molecule has 1 saturated heterocycles. The monoisotopic (exact) mass is 399 g/mol. The number of amides is 1. The first kappa shape index (κ1) is 17.9. The Bertz CT molecular complexity index is 936. The summed E-state index contributed by atoms with van der Waals surface area (Å²) in [4.78, 5) is 21.4. The lowest BCUT2D eigenvalue weighted by Crippen LogP contribution is -2.47. The summed E-state index contributed by atoms with van der Waals surface area (Å²) in [5.41, 5.74) is 1.73. The highest BCUT2D eigenvalue weighted by molar-refractivity contribution is 8.18. The standard InChI is InChI=1S/C20H18ClN3O2S/c21-15-5-3-6-16(13-15)23-8-10-24(11-9-23)20-22-19(26)18(27-20)12-14-4-1-2-7-17(14)25/h1-7,12-13,25H,8-11H2/b18-12-. The van der Waals surface area contributed by atoms with Crippen LogP contribution in [-0.4, -0.2) is 47.3 Å². The molecule has 0 radical (unpaired) electrons.